The molecule has 0 radical (unpaired) electrons. The van der Waals surface area contributed by atoms with Crippen LogP contribution in [0.5, 0.6) is 5.75 Å². The number of phenolic OH excluding ortho intramolecular Hbond substituents is 1. The van der Waals surface area contributed by atoms with Gasteiger partial charge in [0, 0.05) is 10.0 Å². The van der Waals surface area contributed by atoms with Crippen molar-refractivity contribution in [3.63, 3.8) is 0 Å². The van der Waals surface area contributed by atoms with Crippen molar-refractivity contribution in [2.75, 3.05) is 6.61 Å². The highest BCUT2D eigenvalue weighted by Gasteiger charge is 2.27. The second kappa shape index (κ2) is 5.46. The van der Waals surface area contributed by atoms with Gasteiger partial charge in [-0.1, -0.05) is 15.9 Å². The maximum Gasteiger partial charge on any atom is 0.339 e. The predicted octanol–water partition coefficient (Wildman–Crippen LogP) is 2.20. The van der Waals surface area contributed by atoms with Gasteiger partial charge in [-0.25, -0.2) is 9.18 Å². The molecule has 0 aromatic heterocycles. The van der Waals surface area contributed by atoms with Crippen molar-refractivity contribution in [1.82, 2.24) is 0 Å². The van der Waals surface area contributed by atoms with Crippen molar-refractivity contribution in [1.29, 1.82) is 0 Å². The highest BCUT2D eigenvalue weighted by Crippen LogP contribution is 2.35. The number of benzene rings is 1. The minimum Gasteiger partial charge on any atom is -0.505 e. The maximum atomic E-state index is 13.3. The van der Waals surface area contributed by atoms with Gasteiger partial charge in [0.1, 0.15) is 0 Å². The van der Waals surface area contributed by atoms with Gasteiger partial charge in [0.25, 0.3) is 0 Å². The van der Waals surface area contributed by atoms with E-state index in [1.54, 1.807) is 13.8 Å². The first-order chi connectivity index (χ1) is 7.90. The second-order valence-corrected chi connectivity index (χ2v) is 4.24. The number of carbonyl (C=O) groups excluding carboxylic acids is 1. The summed E-state index contributed by atoms with van der Waals surface area (Å²) in [7, 11) is 0. The molecule has 0 bridgehead atoms. The second-order valence-electron chi connectivity index (χ2n) is 3.38. The summed E-state index contributed by atoms with van der Waals surface area (Å²) in [6.45, 7) is 3.21. The first-order valence-electron chi connectivity index (χ1n) is 4.92. The summed E-state index contributed by atoms with van der Waals surface area (Å²) >= 11 is 3.07. The van der Waals surface area contributed by atoms with Crippen LogP contribution in [0.2, 0.25) is 0 Å². The van der Waals surface area contributed by atoms with Crippen LogP contribution in [0.4, 0.5) is 4.39 Å². The smallest absolute Gasteiger partial charge is 0.339 e. The summed E-state index contributed by atoms with van der Waals surface area (Å²) in [6.07, 6.45) is -1.71. The van der Waals surface area contributed by atoms with E-state index in [2.05, 4.69) is 20.7 Å². The zero-order valence-electron chi connectivity index (χ0n) is 9.33. The number of hydrogen-bond donors (Lipinski definition) is 2. The van der Waals surface area contributed by atoms with Gasteiger partial charge in [-0.2, -0.15) is 0 Å². The van der Waals surface area contributed by atoms with Crippen molar-refractivity contribution >= 4 is 21.9 Å². The van der Waals surface area contributed by atoms with Crippen molar-refractivity contribution in [3.8, 4) is 5.75 Å². The van der Waals surface area contributed by atoms with E-state index in [1.807, 2.05) is 0 Å². The van der Waals surface area contributed by atoms with Crippen LogP contribution in [0.3, 0.4) is 0 Å². The van der Waals surface area contributed by atoms with Crippen molar-refractivity contribution in [3.05, 3.63) is 27.5 Å². The van der Waals surface area contributed by atoms with Crippen LogP contribution >= 0.6 is 15.9 Å². The Labute approximate surface area is 106 Å². The number of aliphatic hydroxyl groups is 1. The van der Waals surface area contributed by atoms with Gasteiger partial charge < -0.3 is 14.9 Å². The number of halogens is 2. The van der Waals surface area contributed by atoms with Gasteiger partial charge in [-0.05, 0) is 25.5 Å². The van der Waals surface area contributed by atoms with Crippen molar-refractivity contribution in [2.45, 2.75) is 20.0 Å². The minimum atomic E-state index is -1.71. The number of ether oxygens (including phenoxy) is 1. The molecular formula is C11H12BrFO4. The Hall–Kier alpha value is -1.14. The van der Waals surface area contributed by atoms with Gasteiger partial charge >= 0.3 is 5.97 Å². The third-order valence-corrected chi connectivity index (χ3v) is 3.10. The molecule has 0 aliphatic carbocycles. The van der Waals surface area contributed by atoms with Gasteiger partial charge in [0.2, 0.25) is 0 Å². The Kier molecular flexibility index (Phi) is 4.47. The number of rotatable bonds is 3. The molecule has 17 heavy (non-hydrogen) atoms. The average molecular weight is 307 g/mol. The predicted molar refractivity (Wildman–Crippen MR) is 62.1 cm³/mol. The van der Waals surface area contributed by atoms with Crippen LogP contribution in [-0.2, 0) is 9.53 Å². The lowest BCUT2D eigenvalue weighted by molar-refractivity contribution is -0.153. The number of aliphatic hydroxyl groups excluding tert-OH is 1. The molecule has 94 valence electrons. The van der Waals surface area contributed by atoms with Crippen molar-refractivity contribution in [2.24, 2.45) is 0 Å². The molecule has 1 atom stereocenters. The number of phenols is 1. The molecule has 1 rings (SSSR count). The van der Waals surface area contributed by atoms with Crippen LogP contribution in [-0.4, -0.2) is 22.8 Å². The number of carbonyl (C=O) groups is 1. The summed E-state index contributed by atoms with van der Waals surface area (Å²) in [5.41, 5.74) is 0.194. The molecule has 1 unspecified atom stereocenters. The Morgan fingerprint density at radius 2 is 2.24 bits per heavy atom. The molecule has 2 N–H and O–H groups in total. The van der Waals surface area contributed by atoms with E-state index in [-0.39, 0.29) is 12.2 Å². The Morgan fingerprint density at radius 1 is 1.65 bits per heavy atom. The number of aromatic hydroxyl groups is 1. The molecule has 0 fully saturated rings. The molecule has 0 amide bonds. The standard InChI is InChI=1S/C11H12BrFO4/c1-3-17-11(16)10(15)8-5(2)6(12)4-7(13)9(8)14/h4,10,14-15H,3H2,1-2H3. The van der Waals surface area contributed by atoms with Crippen LogP contribution in [0, 0.1) is 12.7 Å². The first-order valence-corrected chi connectivity index (χ1v) is 5.71. The van der Waals surface area contributed by atoms with Crippen LogP contribution in [0.25, 0.3) is 0 Å². The Morgan fingerprint density at radius 3 is 2.76 bits per heavy atom. The molecule has 0 aliphatic heterocycles. The highest BCUT2D eigenvalue weighted by atomic mass is 79.9. The largest absolute Gasteiger partial charge is 0.505 e. The monoisotopic (exact) mass is 306 g/mol. The SMILES string of the molecule is CCOC(=O)C(O)c1c(C)c(Br)cc(F)c1O. The fourth-order valence-electron chi connectivity index (χ4n) is 1.40. The van der Waals surface area contributed by atoms with Gasteiger partial charge in [0.15, 0.2) is 17.7 Å². The molecule has 1 aromatic rings. The quantitative estimate of drug-likeness (QED) is 0.840. The minimum absolute atomic E-state index is 0.0895. The van der Waals surface area contributed by atoms with E-state index in [0.29, 0.717) is 10.0 Å². The highest BCUT2D eigenvalue weighted by molar-refractivity contribution is 9.10. The van der Waals surface area contributed by atoms with Crippen molar-refractivity contribution < 1.29 is 24.1 Å². The van der Waals surface area contributed by atoms with Gasteiger partial charge in [-0.15, -0.1) is 0 Å². The third-order valence-electron chi connectivity index (χ3n) is 2.28. The van der Waals surface area contributed by atoms with E-state index in [4.69, 9.17) is 0 Å². The summed E-state index contributed by atoms with van der Waals surface area (Å²) < 4.78 is 18.2. The molecule has 4 nitrogen and oxygen atoms in total. The molecular weight excluding hydrogens is 295 g/mol. The lowest BCUT2D eigenvalue weighted by Crippen LogP contribution is -2.17. The lowest BCUT2D eigenvalue weighted by atomic mass is 10.0. The number of esters is 1. The fourth-order valence-corrected chi connectivity index (χ4v) is 1.81. The van der Waals surface area contributed by atoms with E-state index < -0.39 is 23.6 Å². The van der Waals surface area contributed by atoms with E-state index >= 15 is 0 Å². The van der Waals surface area contributed by atoms with Crippen LogP contribution in [0.15, 0.2) is 10.5 Å². The summed E-state index contributed by atoms with van der Waals surface area (Å²) in [6, 6.07) is 1.06. The molecule has 0 saturated heterocycles. The van der Waals surface area contributed by atoms with E-state index in [0.717, 1.165) is 6.07 Å². The summed E-state index contributed by atoms with van der Waals surface area (Å²) in [5.74, 6) is -2.59. The zero-order chi connectivity index (χ0) is 13.2. The molecule has 6 heteroatoms. The topological polar surface area (TPSA) is 66.8 Å². The summed E-state index contributed by atoms with van der Waals surface area (Å²) in [4.78, 5) is 11.3. The molecule has 0 saturated carbocycles. The maximum absolute atomic E-state index is 13.3. The number of hydrogen-bond acceptors (Lipinski definition) is 4. The lowest BCUT2D eigenvalue weighted by Gasteiger charge is -2.15. The molecule has 0 spiro atoms. The normalized spacial score (nSPS) is 12.3. The van der Waals surface area contributed by atoms with Crippen LogP contribution in [0.1, 0.15) is 24.2 Å². The molecule has 1 aromatic carbocycles. The molecule has 0 aliphatic rings. The van der Waals surface area contributed by atoms with Gasteiger partial charge in [0.05, 0.1) is 6.61 Å². The summed E-state index contributed by atoms with van der Waals surface area (Å²) in [5, 5.41) is 19.2. The van der Waals surface area contributed by atoms with E-state index in [9.17, 15) is 19.4 Å². The molecule has 0 heterocycles. The van der Waals surface area contributed by atoms with Gasteiger partial charge in [-0.3, -0.25) is 0 Å². The zero-order valence-corrected chi connectivity index (χ0v) is 10.9. The average Bonchev–Trinajstić information content (AvgIpc) is 2.27. The van der Waals surface area contributed by atoms with E-state index in [1.165, 1.54) is 0 Å². The van der Waals surface area contributed by atoms with Crippen LogP contribution < -0.4 is 0 Å². The third kappa shape index (κ3) is 2.76. The Balaban J connectivity index is 3.25. The first kappa shape index (κ1) is 13.9. The Bertz CT molecular complexity index is 421. The fraction of sp³-hybridized carbons (Fsp3) is 0.364.